The molecule has 2 unspecified atom stereocenters. The van der Waals surface area contributed by atoms with Crippen LogP contribution in [0.1, 0.15) is 52.4 Å². The molecule has 0 aromatic rings. The summed E-state index contributed by atoms with van der Waals surface area (Å²) in [6.07, 6.45) is 5.17. The third-order valence-electron chi connectivity index (χ3n) is 3.50. The number of amides is 1. The van der Waals surface area contributed by atoms with Gasteiger partial charge in [0.1, 0.15) is 0 Å². The van der Waals surface area contributed by atoms with E-state index >= 15 is 0 Å². The zero-order valence-electron chi connectivity index (χ0n) is 11.7. The molecule has 0 aromatic heterocycles. The van der Waals surface area contributed by atoms with Crippen molar-refractivity contribution >= 4 is 5.91 Å². The van der Waals surface area contributed by atoms with E-state index in [9.17, 15) is 9.90 Å². The molecular weight excluding hydrogens is 230 g/mol. The normalized spacial score (nSPS) is 28.1. The number of rotatable bonds is 7. The average molecular weight is 257 g/mol. The first-order valence-corrected chi connectivity index (χ1v) is 7.12. The molecule has 2 N–H and O–H groups in total. The molecule has 0 aliphatic heterocycles. The fraction of sp³-hybridized carbons (Fsp3) is 0.929. The number of aliphatic hydroxyl groups is 1. The minimum atomic E-state index is -0.697. The van der Waals surface area contributed by atoms with Crippen LogP contribution in [-0.4, -0.2) is 36.4 Å². The summed E-state index contributed by atoms with van der Waals surface area (Å²) in [5, 5.41) is 13.2. The van der Waals surface area contributed by atoms with Crippen molar-refractivity contribution in [2.75, 3.05) is 19.8 Å². The Hall–Kier alpha value is -0.610. The van der Waals surface area contributed by atoms with Crippen molar-refractivity contribution in [2.24, 2.45) is 5.92 Å². The van der Waals surface area contributed by atoms with E-state index in [0.29, 0.717) is 32.1 Å². The molecule has 1 rings (SSSR count). The van der Waals surface area contributed by atoms with Crippen molar-refractivity contribution in [1.29, 1.82) is 0 Å². The first-order valence-electron chi connectivity index (χ1n) is 7.12. The van der Waals surface area contributed by atoms with Gasteiger partial charge in [0, 0.05) is 19.6 Å². The van der Waals surface area contributed by atoms with Gasteiger partial charge in [0.2, 0.25) is 5.91 Å². The summed E-state index contributed by atoms with van der Waals surface area (Å²) in [4.78, 5) is 11.6. The van der Waals surface area contributed by atoms with Crippen molar-refractivity contribution in [2.45, 2.75) is 58.0 Å². The van der Waals surface area contributed by atoms with Gasteiger partial charge >= 0.3 is 0 Å². The molecule has 106 valence electrons. The molecule has 2 atom stereocenters. The summed E-state index contributed by atoms with van der Waals surface area (Å²) in [6.45, 7) is 5.75. The van der Waals surface area contributed by atoms with Crippen LogP contribution in [0.4, 0.5) is 0 Å². The lowest BCUT2D eigenvalue weighted by Gasteiger charge is -2.35. The molecule has 1 saturated carbocycles. The topological polar surface area (TPSA) is 58.6 Å². The highest BCUT2D eigenvalue weighted by Crippen LogP contribution is 2.31. The Kier molecular flexibility index (Phi) is 6.65. The van der Waals surface area contributed by atoms with Gasteiger partial charge in [-0.05, 0) is 25.2 Å². The van der Waals surface area contributed by atoms with Gasteiger partial charge in [-0.3, -0.25) is 4.79 Å². The molecule has 0 saturated heterocycles. The Morgan fingerprint density at radius 3 is 2.94 bits per heavy atom. The van der Waals surface area contributed by atoms with E-state index in [1.54, 1.807) is 0 Å². The second-order valence-electron chi connectivity index (χ2n) is 5.56. The molecule has 0 radical (unpaired) electrons. The second kappa shape index (κ2) is 7.74. The lowest BCUT2D eigenvalue weighted by Crippen LogP contribution is -2.45. The molecule has 0 spiro atoms. The maximum absolute atomic E-state index is 11.6. The van der Waals surface area contributed by atoms with Crippen LogP contribution in [0, 0.1) is 5.92 Å². The van der Waals surface area contributed by atoms with Gasteiger partial charge in [-0.2, -0.15) is 0 Å². The first kappa shape index (κ1) is 15.4. The van der Waals surface area contributed by atoms with Gasteiger partial charge in [0.05, 0.1) is 12.2 Å². The Balaban J connectivity index is 2.16. The van der Waals surface area contributed by atoms with Crippen LogP contribution in [0.2, 0.25) is 0 Å². The van der Waals surface area contributed by atoms with Gasteiger partial charge in [0.15, 0.2) is 0 Å². The molecule has 1 fully saturated rings. The number of carbonyl (C=O) groups excluding carboxylic acids is 1. The van der Waals surface area contributed by atoms with Crippen molar-refractivity contribution in [3.8, 4) is 0 Å². The van der Waals surface area contributed by atoms with Crippen LogP contribution in [-0.2, 0) is 9.53 Å². The zero-order valence-corrected chi connectivity index (χ0v) is 11.7. The smallest absolute Gasteiger partial charge is 0.222 e. The Labute approximate surface area is 110 Å². The van der Waals surface area contributed by atoms with Crippen molar-refractivity contribution in [3.63, 3.8) is 0 Å². The van der Waals surface area contributed by atoms with E-state index in [2.05, 4.69) is 12.2 Å². The Morgan fingerprint density at radius 2 is 2.28 bits per heavy atom. The summed E-state index contributed by atoms with van der Waals surface area (Å²) in [5.41, 5.74) is -0.697. The number of ether oxygens (including phenoxy) is 1. The average Bonchev–Trinajstić information content (AvgIpc) is 2.32. The summed E-state index contributed by atoms with van der Waals surface area (Å²) in [6, 6.07) is 0. The van der Waals surface area contributed by atoms with Gasteiger partial charge < -0.3 is 15.2 Å². The van der Waals surface area contributed by atoms with Crippen LogP contribution in [0.3, 0.4) is 0 Å². The lowest BCUT2D eigenvalue weighted by molar-refractivity contribution is -0.124. The van der Waals surface area contributed by atoms with E-state index in [1.165, 1.54) is 6.42 Å². The van der Waals surface area contributed by atoms with Crippen LogP contribution in [0.5, 0.6) is 0 Å². The number of nitrogens with one attached hydrogen (secondary N) is 1. The minimum Gasteiger partial charge on any atom is -0.388 e. The molecule has 0 bridgehead atoms. The largest absolute Gasteiger partial charge is 0.388 e. The highest BCUT2D eigenvalue weighted by molar-refractivity contribution is 5.76. The number of hydrogen-bond acceptors (Lipinski definition) is 3. The van der Waals surface area contributed by atoms with Gasteiger partial charge in [-0.25, -0.2) is 0 Å². The predicted octanol–water partition coefficient (Wildman–Crippen LogP) is 1.86. The molecular formula is C14H27NO3. The molecule has 0 heterocycles. The van der Waals surface area contributed by atoms with Gasteiger partial charge in [-0.1, -0.05) is 26.7 Å². The third kappa shape index (κ3) is 5.83. The minimum absolute atomic E-state index is 0.0299. The molecule has 4 heteroatoms. The van der Waals surface area contributed by atoms with Crippen LogP contribution >= 0.6 is 0 Å². The first-order chi connectivity index (χ1) is 8.56. The monoisotopic (exact) mass is 257 g/mol. The standard InChI is InChI=1S/C14H27NO3/c1-3-8-18-9-6-13(16)15-11-14(17)7-4-5-12(2)10-14/h12,17H,3-11H2,1-2H3,(H,15,16). The summed E-state index contributed by atoms with van der Waals surface area (Å²) in [5.74, 6) is 0.520. The fourth-order valence-electron chi connectivity index (χ4n) is 2.56. The van der Waals surface area contributed by atoms with Crippen LogP contribution in [0.15, 0.2) is 0 Å². The molecule has 4 nitrogen and oxygen atoms in total. The van der Waals surface area contributed by atoms with E-state index in [0.717, 1.165) is 25.7 Å². The summed E-state index contributed by atoms with van der Waals surface area (Å²) >= 11 is 0. The van der Waals surface area contributed by atoms with Crippen molar-refractivity contribution in [1.82, 2.24) is 5.32 Å². The summed E-state index contributed by atoms with van der Waals surface area (Å²) in [7, 11) is 0. The summed E-state index contributed by atoms with van der Waals surface area (Å²) < 4.78 is 5.26. The van der Waals surface area contributed by atoms with Crippen LogP contribution < -0.4 is 5.32 Å². The quantitative estimate of drug-likeness (QED) is 0.684. The van der Waals surface area contributed by atoms with Crippen molar-refractivity contribution < 1.29 is 14.6 Å². The molecule has 0 aromatic carbocycles. The molecule has 1 amide bonds. The van der Waals surface area contributed by atoms with Gasteiger partial charge in [-0.15, -0.1) is 0 Å². The van der Waals surface area contributed by atoms with Crippen LogP contribution in [0.25, 0.3) is 0 Å². The maximum atomic E-state index is 11.6. The highest BCUT2D eigenvalue weighted by Gasteiger charge is 2.32. The molecule has 1 aliphatic carbocycles. The van der Waals surface area contributed by atoms with E-state index in [-0.39, 0.29) is 5.91 Å². The van der Waals surface area contributed by atoms with E-state index in [4.69, 9.17) is 4.74 Å². The third-order valence-corrected chi connectivity index (χ3v) is 3.50. The Morgan fingerprint density at radius 1 is 1.50 bits per heavy atom. The number of hydrogen-bond donors (Lipinski definition) is 2. The zero-order chi connectivity index (χ0) is 13.4. The lowest BCUT2D eigenvalue weighted by atomic mass is 9.79. The van der Waals surface area contributed by atoms with E-state index in [1.807, 2.05) is 6.92 Å². The maximum Gasteiger partial charge on any atom is 0.222 e. The SMILES string of the molecule is CCCOCCC(=O)NCC1(O)CCCC(C)C1. The molecule has 1 aliphatic rings. The van der Waals surface area contributed by atoms with Crippen molar-refractivity contribution in [3.05, 3.63) is 0 Å². The van der Waals surface area contributed by atoms with Gasteiger partial charge in [0.25, 0.3) is 0 Å². The fourth-order valence-corrected chi connectivity index (χ4v) is 2.56. The number of carbonyl (C=O) groups is 1. The van der Waals surface area contributed by atoms with E-state index < -0.39 is 5.60 Å². The Bertz CT molecular complexity index is 257. The highest BCUT2D eigenvalue weighted by atomic mass is 16.5. The predicted molar refractivity (Wildman–Crippen MR) is 71.3 cm³/mol. The molecule has 18 heavy (non-hydrogen) atoms. The second-order valence-corrected chi connectivity index (χ2v) is 5.56.